The van der Waals surface area contributed by atoms with E-state index in [4.69, 9.17) is 11.6 Å². The van der Waals surface area contributed by atoms with Crippen LogP contribution in [0.4, 0.5) is 0 Å². The second kappa shape index (κ2) is 10.3. The van der Waals surface area contributed by atoms with Crippen LogP contribution in [0.1, 0.15) is 29.6 Å². The van der Waals surface area contributed by atoms with Gasteiger partial charge in [-0.2, -0.15) is 0 Å². The molecule has 0 radical (unpaired) electrons. The maximum absolute atomic E-state index is 6.01. The van der Waals surface area contributed by atoms with Crippen molar-refractivity contribution in [3.8, 4) is 0 Å². The van der Waals surface area contributed by atoms with E-state index in [1.54, 1.807) is 11.3 Å². The van der Waals surface area contributed by atoms with E-state index in [1.165, 1.54) is 10.6 Å². The average Bonchev–Trinajstić information content (AvgIpc) is 2.97. The van der Waals surface area contributed by atoms with E-state index in [9.17, 15) is 0 Å². The Hall–Kier alpha value is -1.59. The highest BCUT2D eigenvalue weighted by atomic mass is 35.5. The molecule has 0 spiro atoms. The monoisotopic (exact) mass is 364 g/mol. The first-order valence-corrected chi connectivity index (χ1v) is 9.60. The van der Waals surface area contributed by atoms with Crippen LogP contribution in [0, 0.1) is 6.92 Å². The maximum Gasteiger partial charge on any atom is 0.191 e. The molecule has 0 aliphatic rings. The van der Waals surface area contributed by atoms with E-state index < -0.39 is 0 Å². The third kappa shape index (κ3) is 6.89. The van der Waals surface area contributed by atoms with Crippen LogP contribution in [0.3, 0.4) is 0 Å². The summed E-state index contributed by atoms with van der Waals surface area (Å²) in [4.78, 5) is 9.11. The number of aryl methyl sites for hydroxylation is 2. The van der Waals surface area contributed by atoms with E-state index in [2.05, 4.69) is 39.0 Å². The molecule has 6 heteroatoms. The molecule has 1 heterocycles. The Morgan fingerprint density at radius 2 is 2.17 bits per heavy atom. The molecule has 0 unspecified atom stereocenters. The quantitative estimate of drug-likeness (QED) is 0.425. The SMILES string of the molecule is CCNC(=NCCCc1nc(C)cs1)NCCc1cccc(Cl)c1. The van der Waals surface area contributed by atoms with Gasteiger partial charge in [0.05, 0.1) is 5.01 Å². The molecule has 0 aliphatic heterocycles. The highest BCUT2D eigenvalue weighted by molar-refractivity contribution is 7.09. The van der Waals surface area contributed by atoms with Crippen molar-refractivity contribution in [2.75, 3.05) is 19.6 Å². The molecule has 0 saturated carbocycles. The van der Waals surface area contributed by atoms with Crippen LogP contribution in [0.2, 0.25) is 5.02 Å². The molecule has 0 amide bonds. The molecule has 1 aromatic heterocycles. The second-order valence-electron chi connectivity index (χ2n) is 5.55. The zero-order valence-electron chi connectivity index (χ0n) is 14.3. The van der Waals surface area contributed by atoms with Crippen LogP contribution in [-0.4, -0.2) is 30.6 Å². The lowest BCUT2D eigenvalue weighted by molar-refractivity contribution is 0.774. The topological polar surface area (TPSA) is 49.3 Å². The molecular weight excluding hydrogens is 340 g/mol. The predicted molar refractivity (Wildman–Crippen MR) is 104 cm³/mol. The molecule has 0 saturated heterocycles. The van der Waals surface area contributed by atoms with Gasteiger partial charge in [-0.15, -0.1) is 11.3 Å². The van der Waals surface area contributed by atoms with Gasteiger partial charge in [0.1, 0.15) is 0 Å². The summed E-state index contributed by atoms with van der Waals surface area (Å²) in [6.07, 6.45) is 2.92. The van der Waals surface area contributed by atoms with Crippen LogP contribution in [0.5, 0.6) is 0 Å². The minimum atomic E-state index is 0.783. The zero-order valence-corrected chi connectivity index (χ0v) is 15.9. The third-order valence-electron chi connectivity index (χ3n) is 3.42. The summed E-state index contributed by atoms with van der Waals surface area (Å²) in [7, 11) is 0. The van der Waals surface area contributed by atoms with Gasteiger partial charge in [-0.25, -0.2) is 4.98 Å². The average molecular weight is 365 g/mol. The number of hydrogen-bond donors (Lipinski definition) is 2. The zero-order chi connectivity index (χ0) is 17.2. The van der Waals surface area contributed by atoms with E-state index in [1.807, 2.05) is 25.1 Å². The number of thiazole rings is 1. The van der Waals surface area contributed by atoms with Crippen LogP contribution in [-0.2, 0) is 12.8 Å². The number of guanidine groups is 1. The smallest absolute Gasteiger partial charge is 0.191 e. The van der Waals surface area contributed by atoms with Crippen molar-refractivity contribution in [1.29, 1.82) is 0 Å². The first kappa shape index (κ1) is 18.7. The minimum absolute atomic E-state index is 0.783. The Bertz CT molecular complexity index is 654. The van der Waals surface area contributed by atoms with E-state index in [0.717, 1.165) is 55.6 Å². The van der Waals surface area contributed by atoms with Crippen molar-refractivity contribution >= 4 is 28.9 Å². The van der Waals surface area contributed by atoms with Crippen molar-refractivity contribution in [2.45, 2.75) is 33.1 Å². The summed E-state index contributed by atoms with van der Waals surface area (Å²) >= 11 is 7.74. The summed E-state index contributed by atoms with van der Waals surface area (Å²) in [5, 5.41) is 10.7. The van der Waals surface area contributed by atoms with Gasteiger partial charge in [-0.05, 0) is 44.4 Å². The molecule has 2 aromatic rings. The Morgan fingerprint density at radius 1 is 1.29 bits per heavy atom. The number of nitrogens with zero attached hydrogens (tertiary/aromatic N) is 2. The highest BCUT2D eigenvalue weighted by Crippen LogP contribution is 2.11. The lowest BCUT2D eigenvalue weighted by Crippen LogP contribution is -2.38. The fourth-order valence-electron chi connectivity index (χ4n) is 2.30. The Labute approximate surface area is 153 Å². The molecule has 0 atom stereocenters. The molecule has 0 aliphatic carbocycles. The summed E-state index contributed by atoms with van der Waals surface area (Å²) in [5.41, 5.74) is 2.33. The van der Waals surface area contributed by atoms with Gasteiger partial charge in [0.25, 0.3) is 0 Å². The maximum atomic E-state index is 6.01. The summed E-state index contributed by atoms with van der Waals surface area (Å²) in [6.45, 7) is 6.59. The number of benzene rings is 1. The van der Waals surface area contributed by atoms with Crippen molar-refractivity contribution in [2.24, 2.45) is 4.99 Å². The summed E-state index contributed by atoms with van der Waals surface area (Å²) in [6, 6.07) is 7.97. The molecule has 0 bridgehead atoms. The number of rotatable bonds is 8. The first-order valence-electron chi connectivity index (χ1n) is 8.35. The number of halogens is 1. The molecule has 24 heavy (non-hydrogen) atoms. The normalized spacial score (nSPS) is 11.5. The van der Waals surface area contributed by atoms with Gasteiger partial charge >= 0.3 is 0 Å². The lowest BCUT2D eigenvalue weighted by Gasteiger charge is -2.11. The minimum Gasteiger partial charge on any atom is -0.357 e. The van der Waals surface area contributed by atoms with Gasteiger partial charge in [0, 0.05) is 42.2 Å². The van der Waals surface area contributed by atoms with E-state index in [-0.39, 0.29) is 0 Å². The van der Waals surface area contributed by atoms with Gasteiger partial charge in [0.15, 0.2) is 5.96 Å². The molecular formula is C18H25ClN4S. The summed E-state index contributed by atoms with van der Waals surface area (Å²) < 4.78 is 0. The van der Waals surface area contributed by atoms with Crippen molar-refractivity contribution in [3.63, 3.8) is 0 Å². The van der Waals surface area contributed by atoms with Crippen molar-refractivity contribution in [1.82, 2.24) is 15.6 Å². The second-order valence-corrected chi connectivity index (χ2v) is 6.93. The standard InChI is InChI=1S/C18H25ClN4S/c1-3-20-18(21-10-5-8-17-23-14(2)13-24-17)22-11-9-15-6-4-7-16(19)12-15/h4,6-7,12-13H,3,5,8-11H2,1-2H3,(H2,20,21,22). The largest absolute Gasteiger partial charge is 0.357 e. The van der Waals surface area contributed by atoms with E-state index >= 15 is 0 Å². The Kier molecular flexibility index (Phi) is 8.05. The number of nitrogens with one attached hydrogen (secondary N) is 2. The van der Waals surface area contributed by atoms with Crippen LogP contribution < -0.4 is 10.6 Å². The Balaban J connectivity index is 1.73. The highest BCUT2D eigenvalue weighted by Gasteiger charge is 2.00. The van der Waals surface area contributed by atoms with Gasteiger partial charge in [-0.1, -0.05) is 23.7 Å². The fourth-order valence-corrected chi connectivity index (χ4v) is 3.33. The van der Waals surface area contributed by atoms with Gasteiger partial charge < -0.3 is 10.6 Å². The number of hydrogen-bond acceptors (Lipinski definition) is 3. The van der Waals surface area contributed by atoms with E-state index in [0.29, 0.717) is 0 Å². The van der Waals surface area contributed by atoms with Crippen LogP contribution in [0.15, 0.2) is 34.6 Å². The number of aliphatic imine (C=N–C) groups is 1. The van der Waals surface area contributed by atoms with Crippen LogP contribution in [0.25, 0.3) is 0 Å². The molecule has 1 aromatic carbocycles. The molecule has 2 rings (SSSR count). The van der Waals surface area contributed by atoms with Crippen LogP contribution >= 0.6 is 22.9 Å². The Morgan fingerprint density at radius 3 is 2.88 bits per heavy atom. The molecule has 4 nitrogen and oxygen atoms in total. The van der Waals surface area contributed by atoms with Crippen molar-refractivity contribution in [3.05, 3.63) is 50.9 Å². The fraction of sp³-hybridized carbons (Fsp3) is 0.444. The van der Waals surface area contributed by atoms with Crippen molar-refractivity contribution < 1.29 is 0 Å². The van der Waals surface area contributed by atoms with Gasteiger partial charge in [-0.3, -0.25) is 4.99 Å². The lowest BCUT2D eigenvalue weighted by atomic mass is 10.1. The molecule has 130 valence electrons. The predicted octanol–water partition coefficient (Wildman–Crippen LogP) is 3.84. The summed E-state index contributed by atoms with van der Waals surface area (Å²) in [5.74, 6) is 0.870. The number of aromatic nitrogens is 1. The molecule has 0 fully saturated rings. The molecule has 2 N–H and O–H groups in total. The first-order chi connectivity index (χ1) is 11.7. The van der Waals surface area contributed by atoms with Gasteiger partial charge in [0.2, 0.25) is 0 Å². The third-order valence-corrected chi connectivity index (χ3v) is 4.69.